The molecular weight excluding hydrogens is 365 g/mol. The predicted octanol–water partition coefficient (Wildman–Crippen LogP) is 4.96. The van der Waals surface area contributed by atoms with Crippen LogP contribution in [0.25, 0.3) is 11.1 Å². The standard InChI is InChI=1S/C19H12F5N3/c1-10-16(14-7-6-13(20)8-15(14)21)18-17(25-9-27(18)26-10)11-2-4-12(5-3-11)19(22,23)24/h2-8H,9H2,1H3. The Kier molecular flexibility index (Phi) is 3.87. The molecule has 0 fully saturated rings. The third-order valence-corrected chi connectivity index (χ3v) is 4.40. The van der Waals surface area contributed by atoms with Crippen molar-refractivity contribution >= 4 is 5.71 Å². The SMILES string of the molecule is Cc1nn2c(c1-c1ccc(F)cc1F)C(c1ccc(C(F)(F)F)cc1)=NC2. The van der Waals surface area contributed by atoms with E-state index in [0.717, 1.165) is 24.3 Å². The average molecular weight is 377 g/mol. The van der Waals surface area contributed by atoms with Crippen LogP contribution in [-0.2, 0) is 12.8 Å². The van der Waals surface area contributed by atoms with Crippen molar-refractivity contribution in [1.82, 2.24) is 9.78 Å². The van der Waals surface area contributed by atoms with Gasteiger partial charge in [-0.3, -0.25) is 4.99 Å². The van der Waals surface area contributed by atoms with Gasteiger partial charge in [0.25, 0.3) is 0 Å². The lowest BCUT2D eigenvalue weighted by Gasteiger charge is -2.10. The number of aryl methyl sites for hydroxylation is 1. The van der Waals surface area contributed by atoms with Gasteiger partial charge in [-0.25, -0.2) is 13.5 Å². The summed E-state index contributed by atoms with van der Waals surface area (Å²) >= 11 is 0. The topological polar surface area (TPSA) is 30.2 Å². The third-order valence-electron chi connectivity index (χ3n) is 4.40. The summed E-state index contributed by atoms with van der Waals surface area (Å²) in [6.07, 6.45) is -4.43. The van der Waals surface area contributed by atoms with E-state index in [1.807, 2.05) is 0 Å². The smallest absolute Gasteiger partial charge is 0.259 e. The summed E-state index contributed by atoms with van der Waals surface area (Å²) < 4.78 is 67.5. The van der Waals surface area contributed by atoms with E-state index >= 15 is 0 Å². The van der Waals surface area contributed by atoms with E-state index in [4.69, 9.17) is 0 Å². The molecule has 0 saturated carbocycles. The van der Waals surface area contributed by atoms with Crippen molar-refractivity contribution in [3.63, 3.8) is 0 Å². The Morgan fingerprint density at radius 3 is 2.33 bits per heavy atom. The number of nitrogens with zero attached hydrogens (tertiary/aromatic N) is 3. The van der Waals surface area contributed by atoms with Crippen LogP contribution in [0.2, 0.25) is 0 Å². The zero-order valence-corrected chi connectivity index (χ0v) is 14.0. The van der Waals surface area contributed by atoms with Crippen molar-refractivity contribution in [2.45, 2.75) is 19.8 Å². The lowest BCUT2D eigenvalue weighted by Crippen LogP contribution is -2.08. The van der Waals surface area contributed by atoms with E-state index in [1.165, 1.54) is 18.2 Å². The minimum atomic E-state index is -4.43. The molecule has 0 unspecified atom stereocenters. The molecule has 2 heterocycles. The molecule has 0 N–H and O–H groups in total. The van der Waals surface area contributed by atoms with E-state index in [9.17, 15) is 22.0 Å². The van der Waals surface area contributed by atoms with Gasteiger partial charge in [0.15, 0.2) is 0 Å². The number of alkyl halides is 3. The fraction of sp³-hybridized carbons (Fsp3) is 0.158. The van der Waals surface area contributed by atoms with Crippen molar-refractivity contribution in [2.24, 2.45) is 4.99 Å². The number of fused-ring (bicyclic) bond motifs is 1. The van der Waals surface area contributed by atoms with Crippen LogP contribution >= 0.6 is 0 Å². The zero-order chi connectivity index (χ0) is 19.3. The molecule has 0 amide bonds. The molecular formula is C19H12F5N3. The first-order chi connectivity index (χ1) is 12.8. The molecule has 8 heteroatoms. The predicted molar refractivity (Wildman–Crippen MR) is 89.4 cm³/mol. The molecule has 3 aromatic rings. The van der Waals surface area contributed by atoms with Crippen LogP contribution in [0.4, 0.5) is 22.0 Å². The van der Waals surface area contributed by atoms with Crippen LogP contribution in [-0.4, -0.2) is 15.5 Å². The minimum Gasteiger partial charge on any atom is -0.259 e. The van der Waals surface area contributed by atoms with Gasteiger partial charge in [-0.2, -0.15) is 18.3 Å². The maximum absolute atomic E-state index is 14.3. The highest BCUT2D eigenvalue weighted by atomic mass is 19.4. The third kappa shape index (κ3) is 2.90. The highest BCUT2D eigenvalue weighted by Gasteiger charge is 2.31. The van der Waals surface area contributed by atoms with E-state index in [2.05, 4.69) is 10.1 Å². The van der Waals surface area contributed by atoms with Crippen LogP contribution in [0, 0.1) is 18.6 Å². The van der Waals surface area contributed by atoms with E-state index in [0.29, 0.717) is 28.2 Å². The van der Waals surface area contributed by atoms with Gasteiger partial charge in [0.2, 0.25) is 0 Å². The second kappa shape index (κ2) is 6.00. The summed E-state index contributed by atoms with van der Waals surface area (Å²) in [4.78, 5) is 4.34. The van der Waals surface area contributed by atoms with Crippen molar-refractivity contribution in [2.75, 3.05) is 0 Å². The highest BCUT2D eigenvalue weighted by Crippen LogP contribution is 2.35. The molecule has 0 bridgehead atoms. The first kappa shape index (κ1) is 17.4. The molecule has 0 spiro atoms. The molecule has 0 atom stereocenters. The van der Waals surface area contributed by atoms with Crippen LogP contribution in [0.3, 0.4) is 0 Å². The summed E-state index contributed by atoms with van der Waals surface area (Å²) in [5.74, 6) is -1.44. The summed E-state index contributed by atoms with van der Waals surface area (Å²) in [5, 5.41) is 4.33. The second-order valence-electron chi connectivity index (χ2n) is 6.16. The fourth-order valence-electron chi connectivity index (χ4n) is 3.20. The van der Waals surface area contributed by atoms with Crippen molar-refractivity contribution in [3.05, 3.63) is 76.6 Å². The monoisotopic (exact) mass is 377 g/mol. The quantitative estimate of drug-likeness (QED) is 0.581. The molecule has 138 valence electrons. The van der Waals surface area contributed by atoms with Gasteiger partial charge >= 0.3 is 6.18 Å². The zero-order valence-electron chi connectivity index (χ0n) is 14.0. The summed E-state index contributed by atoms with van der Waals surface area (Å²) in [5.41, 5.74) is 1.75. The van der Waals surface area contributed by atoms with Gasteiger partial charge in [-0.05, 0) is 31.2 Å². The Morgan fingerprint density at radius 2 is 1.70 bits per heavy atom. The summed E-state index contributed by atoms with van der Waals surface area (Å²) in [7, 11) is 0. The van der Waals surface area contributed by atoms with E-state index < -0.39 is 23.4 Å². The Balaban J connectivity index is 1.82. The van der Waals surface area contributed by atoms with Gasteiger partial charge in [0.05, 0.1) is 22.7 Å². The Labute approximate surface area is 150 Å². The van der Waals surface area contributed by atoms with Crippen LogP contribution in [0.5, 0.6) is 0 Å². The van der Waals surface area contributed by atoms with Crippen molar-refractivity contribution < 1.29 is 22.0 Å². The lowest BCUT2D eigenvalue weighted by atomic mass is 9.97. The average Bonchev–Trinajstić information content (AvgIpc) is 3.13. The second-order valence-corrected chi connectivity index (χ2v) is 6.16. The summed E-state index contributed by atoms with van der Waals surface area (Å²) in [6.45, 7) is 1.86. The lowest BCUT2D eigenvalue weighted by molar-refractivity contribution is -0.137. The van der Waals surface area contributed by atoms with Crippen LogP contribution < -0.4 is 0 Å². The van der Waals surface area contributed by atoms with Crippen LogP contribution in [0.1, 0.15) is 22.5 Å². The Hall–Kier alpha value is -3.03. The number of hydrogen-bond donors (Lipinski definition) is 0. The number of rotatable bonds is 2. The van der Waals surface area contributed by atoms with Gasteiger partial charge in [-0.15, -0.1) is 0 Å². The molecule has 3 nitrogen and oxygen atoms in total. The molecule has 0 saturated heterocycles. The molecule has 0 radical (unpaired) electrons. The minimum absolute atomic E-state index is 0.164. The first-order valence-corrected chi connectivity index (χ1v) is 8.01. The largest absolute Gasteiger partial charge is 0.416 e. The van der Waals surface area contributed by atoms with Gasteiger partial charge in [0, 0.05) is 22.8 Å². The summed E-state index contributed by atoms with van der Waals surface area (Å²) in [6, 6.07) is 7.84. The number of halogens is 5. The fourth-order valence-corrected chi connectivity index (χ4v) is 3.20. The van der Waals surface area contributed by atoms with Gasteiger partial charge in [-0.1, -0.05) is 12.1 Å². The molecule has 4 rings (SSSR count). The van der Waals surface area contributed by atoms with Gasteiger partial charge in [0.1, 0.15) is 18.3 Å². The van der Waals surface area contributed by atoms with Crippen molar-refractivity contribution in [1.29, 1.82) is 0 Å². The number of aromatic nitrogens is 2. The molecule has 2 aromatic carbocycles. The molecule has 27 heavy (non-hydrogen) atoms. The van der Waals surface area contributed by atoms with Gasteiger partial charge < -0.3 is 0 Å². The molecule has 1 aliphatic rings. The Morgan fingerprint density at radius 1 is 1.00 bits per heavy atom. The van der Waals surface area contributed by atoms with E-state index in [1.54, 1.807) is 11.6 Å². The highest BCUT2D eigenvalue weighted by molar-refractivity contribution is 6.16. The molecule has 1 aliphatic heterocycles. The Bertz CT molecular complexity index is 1060. The van der Waals surface area contributed by atoms with Crippen molar-refractivity contribution in [3.8, 4) is 11.1 Å². The maximum Gasteiger partial charge on any atom is 0.416 e. The first-order valence-electron chi connectivity index (χ1n) is 8.01. The number of hydrogen-bond acceptors (Lipinski definition) is 2. The maximum atomic E-state index is 14.3. The molecule has 0 aliphatic carbocycles. The number of aliphatic imine (C=N–C) groups is 1. The van der Waals surface area contributed by atoms with Crippen LogP contribution in [0.15, 0.2) is 47.5 Å². The number of benzene rings is 2. The molecule has 1 aromatic heterocycles. The normalized spacial score (nSPS) is 13.6. The van der Waals surface area contributed by atoms with E-state index in [-0.39, 0.29) is 12.2 Å².